The molecular formula is C14H18BrNO. The maximum absolute atomic E-state index is 12.3. The molecule has 0 aromatic heterocycles. The van der Waals surface area contributed by atoms with Gasteiger partial charge in [0.25, 0.3) is 0 Å². The molecule has 0 radical (unpaired) electrons. The number of hydrogen-bond donors (Lipinski definition) is 0. The lowest BCUT2D eigenvalue weighted by Crippen LogP contribution is -2.35. The van der Waals surface area contributed by atoms with Crippen LogP contribution in [0.2, 0.25) is 0 Å². The van der Waals surface area contributed by atoms with Gasteiger partial charge >= 0.3 is 0 Å². The number of carbonyl (C=O) groups excluding carboxylic acids is 1. The quantitative estimate of drug-likeness (QED) is 0.778. The molecule has 92 valence electrons. The summed E-state index contributed by atoms with van der Waals surface area (Å²) >= 11 is 3.51. The first-order valence-electron chi connectivity index (χ1n) is 6.27. The molecule has 1 aliphatic rings. The fourth-order valence-corrected chi connectivity index (χ4v) is 2.81. The molecule has 0 saturated carbocycles. The van der Waals surface area contributed by atoms with E-state index in [4.69, 9.17) is 0 Å². The Balaban J connectivity index is 2.07. The Morgan fingerprint density at radius 3 is 3.00 bits per heavy atom. The van der Waals surface area contributed by atoms with E-state index in [0.29, 0.717) is 0 Å². The molecule has 0 N–H and O–H groups in total. The van der Waals surface area contributed by atoms with Crippen molar-refractivity contribution in [3.8, 4) is 0 Å². The van der Waals surface area contributed by atoms with Crippen LogP contribution in [-0.2, 0) is 11.2 Å². The van der Waals surface area contributed by atoms with E-state index in [9.17, 15) is 4.79 Å². The molecule has 2 nitrogen and oxygen atoms in total. The summed E-state index contributed by atoms with van der Waals surface area (Å²) in [7, 11) is 0. The molecule has 1 amide bonds. The van der Waals surface area contributed by atoms with Crippen molar-refractivity contribution in [3.63, 3.8) is 0 Å². The topological polar surface area (TPSA) is 20.3 Å². The van der Waals surface area contributed by atoms with Crippen molar-refractivity contribution in [2.24, 2.45) is 0 Å². The highest BCUT2D eigenvalue weighted by atomic mass is 79.9. The summed E-state index contributed by atoms with van der Waals surface area (Å²) in [6.07, 6.45) is 4.13. The normalized spacial score (nSPS) is 15.8. The molecule has 2 rings (SSSR count). The fourth-order valence-electron chi connectivity index (χ4n) is 2.24. The number of hydrogen-bond acceptors (Lipinski definition) is 1. The van der Waals surface area contributed by atoms with E-state index in [1.807, 2.05) is 23.1 Å². The Labute approximate surface area is 111 Å². The maximum Gasteiger partial charge on any atom is 0.240 e. The molecule has 1 aromatic rings. The van der Waals surface area contributed by atoms with E-state index in [0.717, 1.165) is 37.9 Å². The van der Waals surface area contributed by atoms with Crippen molar-refractivity contribution < 1.29 is 4.79 Å². The number of amides is 1. The number of alkyl halides is 1. The summed E-state index contributed by atoms with van der Waals surface area (Å²) in [5, 5.41) is 0. The van der Waals surface area contributed by atoms with Crippen LogP contribution < -0.4 is 4.90 Å². The number of para-hydroxylation sites is 1. The number of carbonyl (C=O) groups is 1. The van der Waals surface area contributed by atoms with Gasteiger partial charge in [0.2, 0.25) is 5.91 Å². The maximum atomic E-state index is 12.3. The summed E-state index contributed by atoms with van der Waals surface area (Å²) in [6, 6.07) is 8.19. The first-order chi connectivity index (χ1) is 8.24. The van der Waals surface area contributed by atoms with Crippen molar-refractivity contribution >= 4 is 27.5 Å². The zero-order valence-corrected chi connectivity index (χ0v) is 11.7. The Morgan fingerprint density at radius 1 is 1.47 bits per heavy atom. The van der Waals surface area contributed by atoms with Gasteiger partial charge < -0.3 is 4.90 Å². The van der Waals surface area contributed by atoms with Crippen LogP contribution in [-0.4, -0.2) is 17.3 Å². The lowest BCUT2D eigenvalue weighted by Gasteiger charge is -2.20. The van der Waals surface area contributed by atoms with Gasteiger partial charge in [-0.1, -0.05) is 53.9 Å². The second-order valence-electron chi connectivity index (χ2n) is 4.48. The molecule has 0 spiro atoms. The smallest absolute Gasteiger partial charge is 0.240 e. The van der Waals surface area contributed by atoms with Gasteiger partial charge in [0.1, 0.15) is 0 Å². The fraction of sp³-hybridized carbons (Fsp3) is 0.500. The molecule has 1 aliphatic heterocycles. The minimum atomic E-state index is -0.0337. The van der Waals surface area contributed by atoms with Crippen LogP contribution in [0.25, 0.3) is 0 Å². The predicted molar refractivity (Wildman–Crippen MR) is 74.7 cm³/mol. The Morgan fingerprint density at radius 2 is 2.24 bits per heavy atom. The zero-order valence-electron chi connectivity index (χ0n) is 10.2. The van der Waals surface area contributed by atoms with Crippen molar-refractivity contribution in [2.75, 3.05) is 11.4 Å². The third kappa shape index (κ3) is 2.71. The van der Waals surface area contributed by atoms with Gasteiger partial charge in [-0.25, -0.2) is 0 Å². The van der Waals surface area contributed by atoms with Crippen molar-refractivity contribution in [1.29, 1.82) is 0 Å². The highest BCUT2D eigenvalue weighted by Crippen LogP contribution is 2.29. The van der Waals surface area contributed by atoms with E-state index >= 15 is 0 Å². The van der Waals surface area contributed by atoms with E-state index in [-0.39, 0.29) is 10.7 Å². The standard InChI is InChI=1S/C14H18BrNO/c1-2-3-7-12(15)14(17)16-10-9-11-6-4-5-8-13(11)16/h4-6,8,12H,2-3,7,9-10H2,1H3. The molecule has 1 aromatic carbocycles. The number of anilines is 1. The minimum Gasteiger partial charge on any atom is -0.311 e. The van der Waals surface area contributed by atoms with E-state index in [1.165, 1.54) is 5.56 Å². The molecule has 0 bridgehead atoms. The first kappa shape index (κ1) is 12.6. The van der Waals surface area contributed by atoms with E-state index in [2.05, 4.69) is 28.9 Å². The van der Waals surface area contributed by atoms with Gasteiger partial charge in [-0.3, -0.25) is 4.79 Å². The molecule has 17 heavy (non-hydrogen) atoms. The number of nitrogens with zero attached hydrogens (tertiary/aromatic N) is 1. The highest BCUT2D eigenvalue weighted by molar-refractivity contribution is 9.10. The van der Waals surface area contributed by atoms with Crippen LogP contribution in [0.4, 0.5) is 5.69 Å². The van der Waals surface area contributed by atoms with Gasteiger partial charge in [-0.05, 0) is 24.5 Å². The molecule has 0 aliphatic carbocycles. The highest BCUT2D eigenvalue weighted by Gasteiger charge is 2.27. The number of benzene rings is 1. The summed E-state index contributed by atoms with van der Waals surface area (Å²) in [5.74, 6) is 0.211. The number of rotatable bonds is 4. The number of fused-ring (bicyclic) bond motifs is 1. The largest absolute Gasteiger partial charge is 0.311 e. The van der Waals surface area contributed by atoms with Gasteiger partial charge in [0.15, 0.2) is 0 Å². The van der Waals surface area contributed by atoms with Crippen LogP contribution in [0.15, 0.2) is 24.3 Å². The molecule has 0 fully saturated rings. The minimum absolute atomic E-state index is 0.0337. The second-order valence-corrected chi connectivity index (χ2v) is 5.58. The van der Waals surface area contributed by atoms with E-state index in [1.54, 1.807) is 0 Å². The lowest BCUT2D eigenvalue weighted by atomic mass is 10.1. The van der Waals surface area contributed by atoms with Crippen LogP contribution in [0, 0.1) is 0 Å². The average molecular weight is 296 g/mol. The molecule has 0 saturated heterocycles. The Bertz CT molecular complexity index is 405. The van der Waals surface area contributed by atoms with Crippen LogP contribution in [0.5, 0.6) is 0 Å². The molecule has 3 heteroatoms. The third-order valence-corrected chi connectivity index (χ3v) is 4.08. The summed E-state index contributed by atoms with van der Waals surface area (Å²) < 4.78 is 0. The van der Waals surface area contributed by atoms with E-state index < -0.39 is 0 Å². The summed E-state index contributed by atoms with van der Waals surface area (Å²) in [4.78, 5) is 14.2. The lowest BCUT2D eigenvalue weighted by molar-refractivity contribution is -0.118. The summed E-state index contributed by atoms with van der Waals surface area (Å²) in [5.41, 5.74) is 2.38. The van der Waals surface area contributed by atoms with Crippen LogP contribution >= 0.6 is 15.9 Å². The molecular weight excluding hydrogens is 278 g/mol. The second kappa shape index (κ2) is 5.67. The van der Waals surface area contributed by atoms with Gasteiger partial charge in [0, 0.05) is 12.2 Å². The Kier molecular flexibility index (Phi) is 4.21. The number of halogens is 1. The number of unbranched alkanes of at least 4 members (excludes halogenated alkanes) is 1. The third-order valence-electron chi connectivity index (χ3n) is 3.23. The van der Waals surface area contributed by atoms with Crippen LogP contribution in [0.1, 0.15) is 31.7 Å². The zero-order chi connectivity index (χ0) is 12.3. The van der Waals surface area contributed by atoms with Crippen LogP contribution in [0.3, 0.4) is 0 Å². The van der Waals surface area contributed by atoms with Gasteiger partial charge in [-0.15, -0.1) is 0 Å². The van der Waals surface area contributed by atoms with Gasteiger partial charge in [0.05, 0.1) is 4.83 Å². The van der Waals surface area contributed by atoms with Crippen molar-refractivity contribution in [2.45, 2.75) is 37.4 Å². The predicted octanol–water partition coefficient (Wildman–Crippen LogP) is 3.53. The Hall–Kier alpha value is -0.830. The monoisotopic (exact) mass is 295 g/mol. The molecule has 1 unspecified atom stereocenters. The van der Waals surface area contributed by atoms with Crippen molar-refractivity contribution in [1.82, 2.24) is 0 Å². The van der Waals surface area contributed by atoms with Gasteiger partial charge in [-0.2, -0.15) is 0 Å². The first-order valence-corrected chi connectivity index (χ1v) is 7.19. The SMILES string of the molecule is CCCCC(Br)C(=O)N1CCc2ccccc21. The molecule has 1 heterocycles. The average Bonchev–Trinajstić information content (AvgIpc) is 2.78. The summed E-state index contributed by atoms with van der Waals surface area (Å²) in [6.45, 7) is 2.97. The molecule has 1 atom stereocenters. The van der Waals surface area contributed by atoms with Crippen molar-refractivity contribution in [3.05, 3.63) is 29.8 Å².